The van der Waals surface area contributed by atoms with E-state index < -0.39 is 73.6 Å². The summed E-state index contributed by atoms with van der Waals surface area (Å²) in [5.74, 6) is 0. The molecule has 2 unspecified atom stereocenters. The van der Waals surface area contributed by atoms with Crippen LogP contribution in [-0.4, -0.2) is 0 Å². The number of nitrogens with zero attached hydrogens (tertiary/aromatic N) is 6. The lowest BCUT2D eigenvalue weighted by atomic mass is 9.90. The van der Waals surface area contributed by atoms with Gasteiger partial charge in [-0.3, -0.25) is 0 Å². The molecule has 0 amide bonds. The van der Waals surface area contributed by atoms with Crippen molar-refractivity contribution in [2.75, 3.05) is 0 Å². The molecule has 2 atom stereocenters. The molecule has 4 aromatic carbocycles. The van der Waals surface area contributed by atoms with Crippen LogP contribution in [0.15, 0.2) is 124 Å². The number of benzene rings is 4. The first-order valence-electron chi connectivity index (χ1n) is 12.6. The van der Waals surface area contributed by atoms with E-state index >= 15 is 8.39 Å². The zero-order valence-electron chi connectivity index (χ0n) is 22.4. The number of hydrogen-bond donors (Lipinski definition) is 0. The Morgan fingerprint density at radius 3 is 1.20 bits per heavy atom. The molecule has 2 aliphatic rings. The molecule has 22 heteroatoms. The maximum absolute atomic E-state index is 17.2. The van der Waals surface area contributed by atoms with E-state index in [1.54, 1.807) is 0 Å². The van der Waals surface area contributed by atoms with Crippen molar-refractivity contribution in [2.45, 2.75) is 0 Å². The van der Waals surface area contributed by atoms with E-state index in [9.17, 15) is 33.6 Å². The first-order valence-corrected chi connectivity index (χ1v) is 21.7. The standard InChI is InChI=1S/C24H16F10N6P6/c25-41(35-43(27,28)39-44(29,30)36-41)21-16-20(17-10-4-1-5-11-17)24(42(26)37-45(31,32)40-46(33,34)38-42)23(19-14-8-3-9-15-19)22(21)18-12-6-2-7-13-18/h1-16H. The fraction of sp³-hybridized carbons (Fsp3) is 0. The van der Waals surface area contributed by atoms with Crippen LogP contribution in [0.3, 0.4) is 0 Å². The fourth-order valence-electron chi connectivity index (χ4n) is 4.92. The Morgan fingerprint density at radius 1 is 0.370 bits per heavy atom. The van der Waals surface area contributed by atoms with Gasteiger partial charge >= 0.3 is 31.3 Å². The summed E-state index contributed by atoms with van der Waals surface area (Å²) < 4.78 is 168. The van der Waals surface area contributed by atoms with Gasteiger partial charge in [0.25, 0.3) is 15.0 Å². The highest BCUT2D eigenvalue weighted by Crippen LogP contribution is 2.83. The third-order valence-corrected chi connectivity index (χ3v) is 19.1. The Morgan fingerprint density at radius 2 is 0.739 bits per heavy atom. The van der Waals surface area contributed by atoms with Crippen molar-refractivity contribution >= 4 is 56.9 Å². The zero-order chi connectivity index (χ0) is 33.2. The lowest BCUT2D eigenvalue weighted by Gasteiger charge is -2.28. The summed E-state index contributed by atoms with van der Waals surface area (Å²) in [4.78, 5) is 0. The molecular weight excluding hydrogens is 748 g/mol. The average molecular weight is 764 g/mol. The van der Waals surface area contributed by atoms with Crippen molar-refractivity contribution in [3.8, 4) is 33.4 Å². The van der Waals surface area contributed by atoms with E-state index in [1.165, 1.54) is 91.0 Å². The van der Waals surface area contributed by atoms with Crippen LogP contribution in [0.1, 0.15) is 0 Å². The summed E-state index contributed by atoms with van der Waals surface area (Å²) >= 11 is 0. The van der Waals surface area contributed by atoms with Crippen LogP contribution >= 0.6 is 46.3 Å². The quantitative estimate of drug-likeness (QED) is 0.143. The predicted octanol–water partition coefficient (Wildman–Crippen LogP) is 15.5. The van der Waals surface area contributed by atoms with Gasteiger partial charge in [0.2, 0.25) is 0 Å². The molecule has 0 aromatic heterocycles. The van der Waals surface area contributed by atoms with Crippen molar-refractivity contribution in [2.24, 2.45) is 27.1 Å². The summed E-state index contributed by atoms with van der Waals surface area (Å²) in [6, 6.07) is 21.2. The third-order valence-electron chi connectivity index (χ3n) is 6.41. The van der Waals surface area contributed by atoms with E-state index in [4.69, 9.17) is 0 Å². The topological polar surface area (TPSA) is 74.2 Å². The molecule has 6 rings (SSSR count). The molecule has 6 nitrogen and oxygen atoms in total. The SMILES string of the molecule is FP1(F)=NP(F)(F)=NP(F)(c2cc(-c3ccccc3)c(P3(F)=NP(F)(F)=NP(F)(F)=N3)c(-c3ccccc3)c2-c2ccccc2)=N1. The summed E-state index contributed by atoms with van der Waals surface area (Å²) in [5.41, 5.74) is -1.98. The smallest absolute Gasteiger partial charge is 0.178 e. The molecule has 2 aliphatic heterocycles. The van der Waals surface area contributed by atoms with Gasteiger partial charge in [-0.15, -0.1) is 42.6 Å². The molecule has 0 saturated carbocycles. The van der Waals surface area contributed by atoms with Crippen molar-refractivity contribution in [3.05, 3.63) is 97.1 Å². The summed E-state index contributed by atoms with van der Waals surface area (Å²) in [6.07, 6.45) is 0. The van der Waals surface area contributed by atoms with Crippen LogP contribution in [0, 0.1) is 0 Å². The van der Waals surface area contributed by atoms with Gasteiger partial charge in [-0.1, -0.05) is 91.0 Å². The molecule has 0 radical (unpaired) electrons. The Balaban J connectivity index is 1.95. The van der Waals surface area contributed by atoms with Crippen molar-refractivity contribution in [1.29, 1.82) is 0 Å². The van der Waals surface area contributed by atoms with E-state index in [0.29, 0.717) is 6.07 Å². The summed E-state index contributed by atoms with van der Waals surface area (Å²) in [7, 11) is -36.9. The second kappa shape index (κ2) is 11.6. The van der Waals surface area contributed by atoms with Crippen LogP contribution < -0.4 is 10.6 Å². The van der Waals surface area contributed by atoms with Gasteiger partial charge in [-0.05, 0) is 28.3 Å². The monoisotopic (exact) mass is 764 g/mol. The second-order valence-electron chi connectivity index (χ2n) is 9.55. The summed E-state index contributed by atoms with van der Waals surface area (Å²) in [6.45, 7) is 0. The molecule has 0 fully saturated rings. The Bertz CT molecular complexity index is 2210. The Kier molecular flexibility index (Phi) is 8.45. The molecule has 0 N–H and O–H groups in total. The van der Waals surface area contributed by atoms with Crippen LogP contribution in [0.2, 0.25) is 0 Å². The highest BCUT2D eigenvalue weighted by Gasteiger charge is 2.46. The largest absolute Gasteiger partial charge is 0.423 e. The van der Waals surface area contributed by atoms with Gasteiger partial charge in [0, 0.05) is 11.1 Å². The second-order valence-corrected chi connectivity index (χ2v) is 20.5. The molecule has 4 aromatic rings. The maximum atomic E-state index is 17.2. The van der Waals surface area contributed by atoms with E-state index in [0.717, 1.165) is 0 Å². The molecular formula is C24H16F10N6P6. The summed E-state index contributed by atoms with van der Waals surface area (Å²) in [5, 5.41) is -1.86. The number of hydrogen-bond acceptors (Lipinski definition) is 6. The van der Waals surface area contributed by atoms with Crippen molar-refractivity contribution in [3.63, 3.8) is 0 Å². The highest BCUT2D eigenvalue weighted by atomic mass is 31.3. The molecule has 0 bridgehead atoms. The van der Waals surface area contributed by atoms with Crippen molar-refractivity contribution < 1.29 is 42.0 Å². The van der Waals surface area contributed by atoms with Gasteiger partial charge < -0.3 is 0 Å². The van der Waals surface area contributed by atoms with Gasteiger partial charge in [-0.25, -0.2) is 0 Å². The van der Waals surface area contributed by atoms with Crippen LogP contribution in [-0.2, 0) is 0 Å². The first-order chi connectivity index (χ1) is 21.4. The highest BCUT2D eigenvalue weighted by molar-refractivity contribution is 7.84. The Labute approximate surface area is 256 Å². The van der Waals surface area contributed by atoms with Gasteiger partial charge in [0.15, 0.2) is 0 Å². The van der Waals surface area contributed by atoms with Crippen molar-refractivity contribution in [1.82, 2.24) is 0 Å². The number of halogens is 10. The molecule has 46 heavy (non-hydrogen) atoms. The predicted molar refractivity (Wildman–Crippen MR) is 169 cm³/mol. The van der Waals surface area contributed by atoms with Crippen LogP contribution in [0.4, 0.5) is 42.0 Å². The fourth-order valence-corrected chi connectivity index (χ4v) is 17.7. The molecule has 2 heterocycles. The minimum atomic E-state index is -6.32. The molecule has 0 aliphatic carbocycles. The Hall–Kier alpha value is -2.44. The number of rotatable bonds is 5. The average Bonchev–Trinajstić information content (AvgIpc) is 2.93. The minimum Gasteiger partial charge on any atom is -0.178 e. The van der Waals surface area contributed by atoms with Gasteiger partial charge in [0.05, 0.1) is 10.6 Å². The lowest BCUT2D eigenvalue weighted by Crippen LogP contribution is -2.19. The normalized spacial score (nSPS) is 25.3. The third kappa shape index (κ3) is 6.63. The van der Waals surface area contributed by atoms with Crippen LogP contribution in [0.25, 0.3) is 33.4 Å². The van der Waals surface area contributed by atoms with Gasteiger partial charge in [-0.2, -0.15) is 26.5 Å². The van der Waals surface area contributed by atoms with Crippen LogP contribution in [0.5, 0.6) is 0 Å². The first kappa shape index (κ1) is 33.5. The molecule has 242 valence electrons. The van der Waals surface area contributed by atoms with E-state index in [2.05, 4.69) is 27.1 Å². The van der Waals surface area contributed by atoms with E-state index in [-0.39, 0.29) is 16.7 Å². The zero-order valence-corrected chi connectivity index (χ0v) is 27.8. The molecule has 0 spiro atoms. The lowest BCUT2D eigenvalue weighted by molar-refractivity contribution is 0.693. The van der Waals surface area contributed by atoms with Gasteiger partial charge in [0.1, 0.15) is 0 Å². The maximum Gasteiger partial charge on any atom is 0.423 e. The minimum absolute atomic E-state index is 0.0955. The van der Waals surface area contributed by atoms with E-state index in [1.807, 2.05) is 0 Å². The molecule has 0 saturated heterocycles.